The summed E-state index contributed by atoms with van der Waals surface area (Å²) in [5.41, 5.74) is 0.616. The van der Waals surface area contributed by atoms with Crippen LogP contribution in [0.5, 0.6) is 0 Å². The van der Waals surface area contributed by atoms with Crippen LogP contribution in [0.4, 0.5) is 4.79 Å². The summed E-state index contributed by atoms with van der Waals surface area (Å²) in [4.78, 5) is 26.1. The van der Waals surface area contributed by atoms with Gasteiger partial charge in [-0.25, -0.2) is 0 Å². The summed E-state index contributed by atoms with van der Waals surface area (Å²) in [7, 11) is 1.32. The van der Waals surface area contributed by atoms with Gasteiger partial charge in [-0.3, -0.25) is 0 Å². The molecule has 0 saturated heterocycles. The summed E-state index contributed by atoms with van der Waals surface area (Å²) in [6, 6.07) is 7.58. The van der Waals surface area contributed by atoms with Crippen molar-refractivity contribution in [3.8, 4) is 0 Å². The van der Waals surface area contributed by atoms with Gasteiger partial charge in [-0.2, -0.15) is 0 Å². The number of benzene rings is 1. The van der Waals surface area contributed by atoms with Crippen molar-refractivity contribution in [1.29, 1.82) is 0 Å². The minimum absolute atomic E-state index is 0.339. The molecule has 0 aliphatic rings. The minimum atomic E-state index is -0.717. The number of nitrogens with one attached hydrogen (secondary N) is 1. The summed E-state index contributed by atoms with van der Waals surface area (Å²) >= 11 is 0.339. The average molecular weight is 396 g/mol. The van der Waals surface area contributed by atoms with Crippen molar-refractivity contribution in [2.45, 2.75) is 45.3 Å². The number of carbonyl (C=O) groups is 2. The molecule has 1 aromatic heterocycles. The molecule has 1 heterocycles. The second kappa shape index (κ2) is 7.86. The predicted octanol–water partition coefficient (Wildman–Crippen LogP) is 2.90. The fourth-order valence-corrected chi connectivity index (χ4v) is 4.46. The molecule has 130 valence electrons. The van der Waals surface area contributed by atoms with E-state index in [1.165, 1.54) is 22.3 Å². The van der Waals surface area contributed by atoms with E-state index >= 15 is 0 Å². The van der Waals surface area contributed by atoms with Crippen LogP contribution in [-0.4, -0.2) is 45.3 Å². The molecule has 0 aliphatic carbocycles. The van der Waals surface area contributed by atoms with Crippen LogP contribution >= 0.6 is 0 Å². The van der Waals surface area contributed by atoms with Crippen LogP contribution in [0.25, 0.3) is 9.65 Å². The van der Waals surface area contributed by atoms with E-state index in [4.69, 9.17) is 9.47 Å². The van der Waals surface area contributed by atoms with Crippen molar-refractivity contribution in [2.24, 2.45) is 0 Å². The number of fused-ring (bicyclic) bond motifs is 1. The Morgan fingerprint density at radius 2 is 1.96 bits per heavy atom. The van der Waals surface area contributed by atoms with Crippen molar-refractivity contribution in [2.75, 3.05) is 7.11 Å². The number of esters is 1. The van der Waals surface area contributed by atoms with Crippen molar-refractivity contribution >= 4 is 36.2 Å². The van der Waals surface area contributed by atoms with E-state index in [1.54, 1.807) is 20.8 Å². The second-order valence-corrected chi connectivity index (χ2v) is 8.43. The van der Waals surface area contributed by atoms with Gasteiger partial charge < -0.3 is 0 Å². The third-order valence-electron chi connectivity index (χ3n) is 3.44. The molecule has 0 fully saturated rings. The summed E-state index contributed by atoms with van der Waals surface area (Å²) in [5.74, 6) is -0.460. The number of alkyl carbamates (subject to hydrolysis) is 1. The molecule has 5 nitrogen and oxygen atoms in total. The molecule has 1 atom stereocenters. The maximum absolute atomic E-state index is 12.0. The average Bonchev–Trinajstić information content (AvgIpc) is 2.92. The van der Waals surface area contributed by atoms with Crippen LogP contribution in [-0.2, 0) is 20.7 Å². The summed E-state index contributed by atoms with van der Waals surface area (Å²) in [5, 5.41) is 3.86. The van der Waals surface area contributed by atoms with Gasteiger partial charge in [-0.15, -0.1) is 0 Å². The molecule has 2 rings (SSSR count). The van der Waals surface area contributed by atoms with Gasteiger partial charge in [0.1, 0.15) is 0 Å². The molecule has 2 aromatic rings. The zero-order chi connectivity index (χ0) is 17.7. The molecule has 0 unspecified atom stereocenters. The number of aryl methyl sites for hydroxylation is 1. The molecule has 24 heavy (non-hydrogen) atoms. The van der Waals surface area contributed by atoms with E-state index in [0.717, 1.165) is 0 Å². The molecule has 0 radical (unpaired) electrons. The van der Waals surface area contributed by atoms with Gasteiger partial charge in [0.25, 0.3) is 0 Å². The molecule has 1 N–H and O–H groups in total. The normalized spacial score (nSPS) is 12.7. The van der Waals surface area contributed by atoms with Crippen LogP contribution in [0, 0.1) is 0 Å². The summed E-state index contributed by atoms with van der Waals surface area (Å²) < 4.78 is 11.4. The second-order valence-electron chi connectivity index (χ2n) is 6.52. The molecule has 0 spiro atoms. The Kier molecular flexibility index (Phi) is 6.08. The number of ether oxygens (including phenoxy) is 2. The van der Waals surface area contributed by atoms with Crippen molar-refractivity contribution in [1.82, 2.24) is 5.32 Å². The standard InChI is InChI=1S/C18H23NO4Se/c1-18(2,3)23-17(21)19-14(16(20)22-4)10-9-12-11-24-15-8-6-5-7-13(12)15/h5-8,11,14H,9-10H2,1-4H3,(H,19,21)/t14-/m1/s1. The number of methoxy groups -OCH3 is 1. The maximum atomic E-state index is 12.0. The van der Waals surface area contributed by atoms with E-state index in [1.807, 2.05) is 12.1 Å². The molecular weight excluding hydrogens is 373 g/mol. The van der Waals surface area contributed by atoms with E-state index in [-0.39, 0.29) is 0 Å². The third kappa shape index (κ3) is 5.11. The van der Waals surface area contributed by atoms with Crippen LogP contribution in [0.1, 0.15) is 32.8 Å². The van der Waals surface area contributed by atoms with Gasteiger partial charge in [-0.05, 0) is 0 Å². The molecule has 6 heteroatoms. The number of carbonyl (C=O) groups excluding carboxylic acids is 2. The molecule has 0 saturated carbocycles. The van der Waals surface area contributed by atoms with Gasteiger partial charge in [0.15, 0.2) is 0 Å². The summed E-state index contributed by atoms with van der Waals surface area (Å²) in [6.45, 7) is 5.34. The molecular formula is C18H23NO4Se. The predicted molar refractivity (Wildman–Crippen MR) is 94.4 cm³/mol. The van der Waals surface area contributed by atoms with Gasteiger partial charge in [0.2, 0.25) is 0 Å². The van der Waals surface area contributed by atoms with Gasteiger partial charge in [0, 0.05) is 0 Å². The van der Waals surface area contributed by atoms with E-state index < -0.39 is 23.7 Å². The Labute approximate surface area is 148 Å². The van der Waals surface area contributed by atoms with Crippen LogP contribution in [0.15, 0.2) is 29.2 Å². The van der Waals surface area contributed by atoms with Gasteiger partial charge in [0.05, 0.1) is 0 Å². The Morgan fingerprint density at radius 3 is 2.62 bits per heavy atom. The fraction of sp³-hybridized carbons (Fsp3) is 0.444. The van der Waals surface area contributed by atoms with Crippen molar-refractivity contribution in [3.05, 3.63) is 34.8 Å². The Balaban J connectivity index is 2.04. The first kappa shape index (κ1) is 18.6. The molecule has 0 aliphatic heterocycles. The molecule has 1 amide bonds. The quantitative estimate of drug-likeness (QED) is 0.624. The Hall–Kier alpha value is -1.78. The van der Waals surface area contributed by atoms with Crippen LogP contribution in [0.3, 0.4) is 0 Å². The topological polar surface area (TPSA) is 64.6 Å². The van der Waals surface area contributed by atoms with E-state index in [9.17, 15) is 9.59 Å². The Bertz CT molecular complexity index is 717. The number of hydrogen-bond donors (Lipinski definition) is 1. The van der Waals surface area contributed by atoms with E-state index in [0.29, 0.717) is 27.3 Å². The van der Waals surface area contributed by atoms with Crippen molar-refractivity contribution < 1.29 is 19.1 Å². The van der Waals surface area contributed by atoms with Crippen molar-refractivity contribution in [3.63, 3.8) is 0 Å². The zero-order valence-corrected chi connectivity index (χ0v) is 16.1. The summed E-state index contributed by atoms with van der Waals surface area (Å²) in [6.07, 6.45) is 0.569. The molecule has 0 bridgehead atoms. The first-order valence-corrected chi connectivity index (χ1v) is 9.67. The van der Waals surface area contributed by atoms with E-state index in [2.05, 4.69) is 22.4 Å². The first-order valence-electron chi connectivity index (χ1n) is 7.82. The SMILES string of the molecule is COC(=O)[C@@H](CCc1c[se]c2ccccc12)NC(=O)OC(C)(C)C. The van der Waals surface area contributed by atoms with Gasteiger partial charge in [-0.1, -0.05) is 0 Å². The first-order chi connectivity index (χ1) is 11.3. The zero-order valence-electron chi connectivity index (χ0n) is 14.4. The van der Waals surface area contributed by atoms with Gasteiger partial charge >= 0.3 is 148 Å². The monoisotopic (exact) mass is 397 g/mol. The number of amides is 1. The third-order valence-corrected chi connectivity index (χ3v) is 5.56. The Morgan fingerprint density at radius 1 is 1.25 bits per heavy atom. The fourth-order valence-electron chi connectivity index (χ4n) is 2.37. The number of hydrogen-bond acceptors (Lipinski definition) is 4. The van der Waals surface area contributed by atoms with Crippen LogP contribution in [0.2, 0.25) is 0 Å². The van der Waals surface area contributed by atoms with Crippen LogP contribution < -0.4 is 5.32 Å². The molecule has 1 aromatic carbocycles. The number of rotatable bonds is 5.